The fourth-order valence-electron chi connectivity index (χ4n) is 1.57. The van der Waals surface area contributed by atoms with Crippen molar-refractivity contribution in [2.24, 2.45) is 0 Å². The second kappa shape index (κ2) is 9.44. The molecule has 0 aromatic heterocycles. The Labute approximate surface area is 107 Å². The molecule has 0 rings (SSSR count). The average molecular weight is 258 g/mol. The van der Waals surface area contributed by atoms with Gasteiger partial charge in [0.25, 0.3) is 0 Å². The molecule has 0 aliphatic rings. The van der Waals surface area contributed by atoms with Crippen LogP contribution in [0.15, 0.2) is 0 Å². The number of carbonyl (C=O) groups excluding carboxylic acids is 2. The van der Waals surface area contributed by atoms with E-state index in [2.05, 4.69) is 5.32 Å². The van der Waals surface area contributed by atoms with E-state index >= 15 is 0 Å². The first-order valence-corrected chi connectivity index (χ1v) is 6.27. The third-order valence-electron chi connectivity index (χ3n) is 2.34. The molecule has 2 amide bonds. The second-order valence-electron chi connectivity index (χ2n) is 4.02. The third kappa shape index (κ3) is 7.65. The van der Waals surface area contributed by atoms with Crippen LogP contribution < -0.4 is 5.32 Å². The third-order valence-corrected chi connectivity index (χ3v) is 2.34. The monoisotopic (exact) mass is 258 g/mol. The molecule has 18 heavy (non-hydrogen) atoms. The van der Waals surface area contributed by atoms with Gasteiger partial charge >= 0.3 is 5.97 Å². The van der Waals surface area contributed by atoms with Crippen LogP contribution in [0.2, 0.25) is 0 Å². The number of amides is 2. The van der Waals surface area contributed by atoms with Crippen molar-refractivity contribution in [1.82, 2.24) is 10.2 Å². The zero-order chi connectivity index (χ0) is 14.0. The molecule has 0 radical (unpaired) electrons. The van der Waals surface area contributed by atoms with Crippen molar-refractivity contribution in [3.05, 3.63) is 0 Å². The highest BCUT2D eigenvalue weighted by atomic mass is 16.4. The lowest BCUT2D eigenvalue weighted by Gasteiger charge is -2.19. The number of carboxylic acid groups (broad SMARTS) is 1. The van der Waals surface area contributed by atoms with Gasteiger partial charge in [0.15, 0.2) is 0 Å². The van der Waals surface area contributed by atoms with E-state index in [1.165, 1.54) is 4.90 Å². The Morgan fingerprint density at radius 2 is 1.83 bits per heavy atom. The first-order chi connectivity index (χ1) is 8.51. The van der Waals surface area contributed by atoms with Gasteiger partial charge in [-0.05, 0) is 19.8 Å². The number of nitrogens with one attached hydrogen (secondary N) is 1. The lowest BCUT2D eigenvalue weighted by Crippen LogP contribution is -2.36. The molecule has 104 valence electrons. The van der Waals surface area contributed by atoms with Gasteiger partial charge in [-0.3, -0.25) is 14.4 Å². The van der Waals surface area contributed by atoms with Crippen molar-refractivity contribution in [1.29, 1.82) is 0 Å². The highest BCUT2D eigenvalue weighted by molar-refractivity contribution is 5.82. The quantitative estimate of drug-likeness (QED) is 0.634. The minimum atomic E-state index is -1.01. The van der Waals surface area contributed by atoms with E-state index in [0.717, 1.165) is 6.42 Å². The lowest BCUT2D eigenvalue weighted by atomic mass is 10.2. The van der Waals surface area contributed by atoms with Crippen LogP contribution in [0.3, 0.4) is 0 Å². The summed E-state index contributed by atoms with van der Waals surface area (Å²) in [5.74, 6) is -1.30. The van der Waals surface area contributed by atoms with Crippen LogP contribution in [0.5, 0.6) is 0 Å². The predicted octanol–water partition coefficient (Wildman–Crippen LogP) is 0.616. The van der Waals surface area contributed by atoms with E-state index in [4.69, 9.17) is 5.11 Å². The number of carboxylic acids is 1. The maximum absolute atomic E-state index is 11.7. The number of aliphatic carboxylic acids is 1. The molecule has 0 aromatic rings. The molecule has 0 saturated heterocycles. The molecule has 6 heteroatoms. The summed E-state index contributed by atoms with van der Waals surface area (Å²) < 4.78 is 0. The van der Waals surface area contributed by atoms with Crippen LogP contribution in [0.4, 0.5) is 0 Å². The largest absolute Gasteiger partial charge is 0.480 e. The van der Waals surface area contributed by atoms with Crippen molar-refractivity contribution in [3.63, 3.8) is 0 Å². The fraction of sp³-hybridized carbons (Fsp3) is 0.750. The van der Waals surface area contributed by atoms with E-state index in [9.17, 15) is 14.4 Å². The van der Waals surface area contributed by atoms with Gasteiger partial charge in [0.1, 0.15) is 6.54 Å². The average Bonchev–Trinajstić information content (AvgIpc) is 2.28. The Balaban J connectivity index is 4.02. The Morgan fingerprint density at radius 3 is 2.33 bits per heavy atom. The molecule has 2 N–H and O–H groups in total. The Morgan fingerprint density at radius 1 is 1.17 bits per heavy atom. The number of hydrogen-bond acceptors (Lipinski definition) is 3. The topological polar surface area (TPSA) is 86.7 Å². The predicted molar refractivity (Wildman–Crippen MR) is 67.0 cm³/mol. The van der Waals surface area contributed by atoms with Gasteiger partial charge in [-0.25, -0.2) is 0 Å². The molecule has 0 aromatic carbocycles. The fourth-order valence-corrected chi connectivity index (χ4v) is 1.57. The molecular weight excluding hydrogens is 236 g/mol. The highest BCUT2D eigenvalue weighted by Crippen LogP contribution is 2.02. The van der Waals surface area contributed by atoms with Gasteiger partial charge in [-0.15, -0.1) is 0 Å². The van der Waals surface area contributed by atoms with E-state index < -0.39 is 5.97 Å². The van der Waals surface area contributed by atoms with Crippen molar-refractivity contribution in [2.45, 2.75) is 39.5 Å². The standard InChI is InChI=1S/C12H22N2O4/c1-3-8-14(9-12(17)18)11(16)7-5-6-10(15)13-4-2/h3-9H2,1-2H3,(H,13,15)(H,17,18). The maximum atomic E-state index is 11.7. The van der Waals surface area contributed by atoms with Gasteiger partial charge in [-0.2, -0.15) is 0 Å². The van der Waals surface area contributed by atoms with Crippen LogP contribution in [-0.2, 0) is 14.4 Å². The molecule has 0 unspecified atom stereocenters. The molecule has 0 aliphatic carbocycles. The van der Waals surface area contributed by atoms with Crippen LogP contribution in [0.25, 0.3) is 0 Å². The summed E-state index contributed by atoms with van der Waals surface area (Å²) in [4.78, 5) is 34.8. The van der Waals surface area contributed by atoms with Crippen molar-refractivity contribution < 1.29 is 19.5 Å². The summed E-state index contributed by atoms with van der Waals surface area (Å²) in [6.07, 6.45) is 1.68. The zero-order valence-electron chi connectivity index (χ0n) is 11.1. The summed E-state index contributed by atoms with van der Waals surface area (Å²) >= 11 is 0. The Kier molecular flexibility index (Phi) is 8.61. The molecular formula is C12H22N2O4. The van der Waals surface area contributed by atoms with Crippen molar-refractivity contribution >= 4 is 17.8 Å². The van der Waals surface area contributed by atoms with Crippen LogP contribution in [0.1, 0.15) is 39.5 Å². The lowest BCUT2D eigenvalue weighted by molar-refractivity contribution is -0.144. The van der Waals surface area contributed by atoms with Gasteiger partial charge in [0.05, 0.1) is 0 Å². The van der Waals surface area contributed by atoms with Crippen LogP contribution in [-0.4, -0.2) is 47.4 Å². The van der Waals surface area contributed by atoms with Gasteiger partial charge in [0, 0.05) is 25.9 Å². The Bertz CT molecular complexity index is 292. The van der Waals surface area contributed by atoms with Crippen molar-refractivity contribution in [2.75, 3.05) is 19.6 Å². The molecule has 0 fully saturated rings. The molecule has 0 saturated carbocycles. The van der Waals surface area contributed by atoms with Crippen molar-refractivity contribution in [3.8, 4) is 0 Å². The van der Waals surface area contributed by atoms with Crippen LogP contribution in [0, 0.1) is 0 Å². The van der Waals surface area contributed by atoms with Gasteiger partial charge in [-0.1, -0.05) is 6.92 Å². The molecule has 6 nitrogen and oxygen atoms in total. The minimum absolute atomic E-state index is 0.0782. The Hall–Kier alpha value is -1.59. The van der Waals surface area contributed by atoms with E-state index in [1.54, 1.807) is 0 Å². The maximum Gasteiger partial charge on any atom is 0.323 e. The normalized spacial score (nSPS) is 9.89. The zero-order valence-corrected chi connectivity index (χ0v) is 11.1. The minimum Gasteiger partial charge on any atom is -0.480 e. The first kappa shape index (κ1) is 16.4. The molecule has 0 atom stereocenters. The SMILES string of the molecule is CCCN(CC(=O)O)C(=O)CCCC(=O)NCC. The van der Waals surface area contributed by atoms with Gasteiger partial charge < -0.3 is 15.3 Å². The van der Waals surface area contributed by atoms with Gasteiger partial charge in [0.2, 0.25) is 11.8 Å². The molecule has 0 spiro atoms. The number of carbonyl (C=O) groups is 3. The van der Waals surface area contributed by atoms with Crippen LogP contribution >= 0.6 is 0 Å². The number of nitrogens with zero attached hydrogens (tertiary/aromatic N) is 1. The summed E-state index contributed by atoms with van der Waals surface area (Å²) in [5, 5.41) is 11.3. The van der Waals surface area contributed by atoms with E-state index in [1.807, 2.05) is 13.8 Å². The summed E-state index contributed by atoms with van der Waals surface area (Å²) in [6.45, 7) is 4.46. The smallest absolute Gasteiger partial charge is 0.323 e. The number of hydrogen-bond donors (Lipinski definition) is 2. The molecule has 0 aliphatic heterocycles. The highest BCUT2D eigenvalue weighted by Gasteiger charge is 2.15. The molecule has 0 heterocycles. The van der Waals surface area contributed by atoms with E-state index in [0.29, 0.717) is 25.9 Å². The summed E-state index contributed by atoms with van der Waals surface area (Å²) in [5.41, 5.74) is 0. The molecule has 0 bridgehead atoms. The summed E-state index contributed by atoms with van der Waals surface area (Å²) in [7, 11) is 0. The first-order valence-electron chi connectivity index (χ1n) is 6.27. The van der Waals surface area contributed by atoms with E-state index in [-0.39, 0.29) is 24.8 Å². The number of rotatable bonds is 9. The summed E-state index contributed by atoms with van der Waals surface area (Å²) in [6, 6.07) is 0. The second-order valence-corrected chi connectivity index (χ2v) is 4.02.